The van der Waals surface area contributed by atoms with Gasteiger partial charge in [-0.1, -0.05) is 14.9 Å². The van der Waals surface area contributed by atoms with Gasteiger partial charge in [0, 0.05) is 63.7 Å². The average molecular weight is 639 g/mol. The fraction of sp³-hybridized carbons (Fsp3) is 0.500. The summed E-state index contributed by atoms with van der Waals surface area (Å²) in [7, 11) is -4.13. The smallest absolute Gasteiger partial charge is 0.369 e. The highest BCUT2D eigenvalue weighted by molar-refractivity contribution is 7.89. The number of benzene rings is 2. The predicted molar refractivity (Wildman–Crippen MR) is 159 cm³/mol. The van der Waals surface area contributed by atoms with E-state index in [2.05, 4.69) is 19.7 Å². The predicted octanol–water partition coefficient (Wildman–Crippen LogP) is 2.08. The number of sulfonamides is 2. The number of hydrogen-bond acceptors (Lipinski definition) is 8. The number of rotatable bonds is 6. The summed E-state index contributed by atoms with van der Waals surface area (Å²) in [5.41, 5.74) is 1.76. The Labute approximate surface area is 247 Å². The van der Waals surface area contributed by atoms with Crippen LogP contribution in [0.15, 0.2) is 58.3 Å². The molecule has 2 aromatic rings. The van der Waals surface area contributed by atoms with Gasteiger partial charge in [-0.25, -0.2) is 26.3 Å². The molecule has 1 amide bonds. The zero-order valence-electron chi connectivity index (χ0n) is 22.1. The van der Waals surface area contributed by atoms with Gasteiger partial charge >= 0.3 is 12.1 Å². The molecule has 0 saturated carbocycles. The molecule has 2 fully saturated rings. The van der Waals surface area contributed by atoms with E-state index in [4.69, 9.17) is 0 Å². The maximum atomic E-state index is 12.4. The van der Waals surface area contributed by atoms with Crippen LogP contribution in [0, 0.1) is 0 Å². The zero-order chi connectivity index (χ0) is 29.6. The Morgan fingerprint density at radius 3 is 1.38 bits per heavy atom. The van der Waals surface area contributed by atoms with Crippen molar-refractivity contribution in [2.24, 2.45) is 0 Å². The van der Waals surface area contributed by atoms with Crippen molar-refractivity contribution in [2.45, 2.75) is 30.8 Å². The molecule has 0 aromatic heterocycles. The minimum atomic E-state index is -4.86. The number of hydrogen-bond donors (Lipinski definition) is 3. The number of halogens is 3. The molecule has 0 atom stereocenters. The number of carbonyl (C=O) groups excluding carboxylic acids is 1. The van der Waals surface area contributed by atoms with Crippen molar-refractivity contribution in [3.8, 4) is 0 Å². The second kappa shape index (κ2) is 15.5. The van der Waals surface area contributed by atoms with Crippen molar-refractivity contribution in [3.63, 3.8) is 0 Å². The summed E-state index contributed by atoms with van der Waals surface area (Å²) in [6.45, 7) is 4.28. The lowest BCUT2D eigenvalue weighted by atomic mass is 10.2. The highest BCUT2D eigenvalue weighted by Crippen LogP contribution is 2.23. The number of nitrogens with one attached hydrogen (secondary N) is 3. The third-order valence-corrected chi connectivity index (χ3v) is 9.35. The second-order valence-corrected chi connectivity index (χ2v) is 12.7. The Balaban J connectivity index is 0.000000416. The molecule has 2 aliphatic rings. The van der Waals surface area contributed by atoms with Crippen LogP contribution in [0.2, 0.25) is 0 Å². The highest BCUT2D eigenvalue weighted by Gasteiger charge is 2.43. The third kappa shape index (κ3) is 9.55. The van der Waals surface area contributed by atoms with Gasteiger partial charge in [0.25, 0.3) is 0 Å². The molecule has 2 aromatic carbocycles. The first-order valence-electron chi connectivity index (χ1n) is 12.4. The van der Waals surface area contributed by atoms with Crippen LogP contribution in [0.1, 0.15) is 14.9 Å². The van der Waals surface area contributed by atoms with E-state index < -0.39 is 32.1 Å². The third-order valence-electron chi connectivity index (χ3n) is 6.49. The van der Waals surface area contributed by atoms with Gasteiger partial charge in [0.15, 0.2) is 0 Å². The lowest BCUT2D eigenvalue weighted by molar-refractivity contribution is -0.185. The Kier molecular flexibility index (Phi) is 13.7. The second-order valence-electron chi connectivity index (χ2n) is 8.92. The Morgan fingerprint density at radius 1 is 0.690 bits per heavy atom. The van der Waals surface area contributed by atoms with Gasteiger partial charge in [-0.05, 0) is 62.6 Å². The molecule has 238 valence electrons. The average Bonchev–Trinajstić information content (AvgIpc) is 2.97. The highest BCUT2D eigenvalue weighted by atomic mass is 32.2. The van der Waals surface area contributed by atoms with E-state index >= 15 is 0 Å². The van der Waals surface area contributed by atoms with Crippen molar-refractivity contribution in [3.05, 3.63) is 48.5 Å². The molecule has 11 nitrogen and oxygen atoms in total. The first-order valence-corrected chi connectivity index (χ1v) is 15.4. The molecule has 16 heteroatoms. The topological polar surface area (TPSA) is 131 Å². The van der Waals surface area contributed by atoms with Crippen LogP contribution in [-0.4, -0.2) is 100 Å². The summed E-state index contributed by atoms with van der Waals surface area (Å²) in [6.07, 6.45) is -4.86. The van der Waals surface area contributed by atoms with Crippen molar-refractivity contribution in [1.29, 1.82) is 0 Å². The fourth-order valence-corrected chi connectivity index (χ4v) is 5.64. The van der Waals surface area contributed by atoms with E-state index in [9.17, 15) is 34.8 Å². The van der Waals surface area contributed by atoms with Crippen LogP contribution in [0.25, 0.3) is 0 Å². The van der Waals surface area contributed by atoms with E-state index in [-0.39, 0.29) is 45.9 Å². The van der Waals surface area contributed by atoms with Gasteiger partial charge in [0.2, 0.25) is 20.0 Å². The van der Waals surface area contributed by atoms with Crippen LogP contribution in [0.5, 0.6) is 0 Å². The van der Waals surface area contributed by atoms with Gasteiger partial charge < -0.3 is 20.0 Å². The molecular weight excluding hydrogens is 597 g/mol. The van der Waals surface area contributed by atoms with Gasteiger partial charge in [-0.3, -0.25) is 4.79 Å². The maximum Gasteiger partial charge on any atom is 0.471 e. The van der Waals surface area contributed by atoms with Crippen LogP contribution < -0.4 is 24.6 Å². The minimum Gasteiger partial charge on any atom is -0.369 e. The van der Waals surface area contributed by atoms with Crippen LogP contribution >= 0.6 is 0 Å². The molecular formula is C26H41F3N6O5S2. The Hall–Kier alpha value is -2.92. The molecule has 2 aliphatic heterocycles. The van der Waals surface area contributed by atoms with Crippen LogP contribution in [0.4, 0.5) is 24.5 Å². The monoisotopic (exact) mass is 638 g/mol. The lowest BCUT2D eigenvalue weighted by Gasteiger charge is -2.36. The lowest BCUT2D eigenvalue weighted by Crippen LogP contribution is -2.52. The number of amides is 1. The minimum absolute atomic E-state index is 0. The molecule has 4 rings (SSSR count). The zero-order valence-corrected chi connectivity index (χ0v) is 23.7. The van der Waals surface area contributed by atoms with E-state index in [0.29, 0.717) is 10.6 Å². The van der Waals surface area contributed by atoms with Gasteiger partial charge in [0.05, 0.1) is 9.79 Å². The number of piperazine rings is 2. The van der Waals surface area contributed by atoms with Crippen molar-refractivity contribution >= 4 is 37.3 Å². The molecule has 2 saturated heterocycles. The van der Waals surface area contributed by atoms with Crippen LogP contribution in [0.3, 0.4) is 0 Å². The standard InChI is InChI=1S/C13H16F3N3O3S.C11H17N3O2S.2CH4/c1-17-23(21,22)11-4-2-10(3-5-11)18-6-8-19(9-7-18)12(20)13(14,15)16;1-12-17(15,16)11-4-2-10(3-5-11)14-8-6-13-7-9-14;;/h2-5,17H,6-9H2,1H3;2-5,12-13H,6-9H2,1H3;2*1H4. The van der Waals surface area contributed by atoms with E-state index in [1.54, 1.807) is 29.2 Å². The quantitative estimate of drug-likeness (QED) is 0.439. The molecule has 0 aliphatic carbocycles. The maximum absolute atomic E-state index is 12.4. The van der Waals surface area contributed by atoms with Crippen molar-refractivity contribution in [1.82, 2.24) is 19.7 Å². The summed E-state index contributed by atoms with van der Waals surface area (Å²) in [6, 6.07) is 13.0. The number of nitrogens with zero attached hydrogens (tertiary/aromatic N) is 3. The van der Waals surface area contributed by atoms with Crippen LogP contribution in [-0.2, 0) is 24.8 Å². The first kappa shape index (κ1) is 37.1. The van der Waals surface area contributed by atoms with Gasteiger partial charge in [-0.15, -0.1) is 0 Å². The summed E-state index contributed by atoms with van der Waals surface area (Å²) in [5.74, 6) is -1.83. The molecule has 0 radical (unpaired) electrons. The largest absolute Gasteiger partial charge is 0.471 e. The van der Waals surface area contributed by atoms with E-state index in [0.717, 1.165) is 36.8 Å². The Morgan fingerprint density at radius 2 is 1.05 bits per heavy atom. The Bertz CT molecular complexity index is 1340. The van der Waals surface area contributed by atoms with Crippen molar-refractivity contribution in [2.75, 3.05) is 76.3 Å². The van der Waals surface area contributed by atoms with Gasteiger partial charge in [-0.2, -0.15) is 13.2 Å². The summed E-state index contributed by atoms with van der Waals surface area (Å²) < 4.78 is 88.0. The molecule has 42 heavy (non-hydrogen) atoms. The fourth-order valence-electron chi connectivity index (χ4n) is 4.18. The first-order chi connectivity index (χ1) is 18.8. The summed E-state index contributed by atoms with van der Waals surface area (Å²) in [5, 5.41) is 3.28. The SMILES string of the molecule is C.C.CNS(=O)(=O)c1ccc(N2CCN(C(=O)C(F)(F)F)CC2)cc1.CNS(=O)(=O)c1ccc(N2CCNCC2)cc1. The molecule has 0 bridgehead atoms. The molecule has 2 heterocycles. The normalized spacial score (nSPS) is 16.0. The molecule has 0 spiro atoms. The molecule has 3 N–H and O–H groups in total. The molecule has 0 unspecified atom stereocenters. The number of alkyl halides is 3. The van der Waals surface area contributed by atoms with E-state index in [1.807, 2.05) is 12.1 Å². The van der Waals surface area contributed by atoms with E-state index in [1.165, 1.54) is 26.2 Å². The summed E-state index contributed by atoms with van der Waals surface area (Å²) in [4.78, 5) is 16.4. The number of carbonyl (C=O) groups is 1. The summed E-state index contributed by atoms with van der Waals surface area (Å²) >= 11 is 0. The van der Waals surface area contributed by atoms with Gasteiger partial charge in [0.1, 0.15) is 0 Å². The van der Waals surface area contributed by atoms with Crippen molar-refractivity contribution < 1.29 is 34.8 Å². The number of anilines is 2.